The van der Waals surface area contributed by atoms with E-state index in [2.05, 4.69) is 0 Å². The van der Waals surface area contributed by atoms with E-state index in [9.17, 15) is 9.59 Å². The Morgan fingerprint density at radius 3 is 2.67 bits per heavy atom. The SMILES string of the molecule is CCn1cc(C(=O)O)c(=O)c2cc(OCC(C)C)ccc21. The summed E-state index contributed by atoms with van der Waals surface area (Å²) in [5.74, 6) is -0.255. The van der Waals surface area contributed by atoms with Gasteiger partial charge in [-0.05, 0) is 31.0 Å². The summed E-state index contributed by atoms with van der Waals surface area (Å²) in [7, 11) is 0. The second-order valence-electron chi connectivity index (χ2n) is 5.35. The number of benzene rings is 1. The van der Waals surface area contributed by atoms with Gasteiger partial charge in [0.05, 0.1) is 17.5 Å². The molecule has 0 aliphatic carbocycles. The van der Waals surface area contributed by atoms with Gasteiger partial charge in [0.1, 0.15) is 11.3 Å². The van der Waals surface area contributed by atoms with Gasteiger partial charge in [0.15, 0.2) is 0 Å². The summed E-state index contributed by atoms with van der Waals surface area (Å²) in [5.41, 5.74) is 0.0203. The van der Waals surface area contributed by atoms with E-state index in [1.54, 1.807) is 22.8 Å². The fraction of sp³-hybridized carbons (Fsp3) is 0.375. The number of rotatable bonds is 5. The molecule has 21 heavy (non-hydrogen) atoms. The first-order valence-corrected chi connectivity index (χ1v) is 6.97. The molecule has 112 valence electrons. The van der Waals surface area contributed by atoms with Crippen LogP contribution in [0.4, 0.5) is 0 Å². The maximum Gasteiger partial charge on any atom is 0.341 e. The summed E-state index contributed by atoms with van der Waals surface area (Å²) in [6, 6.07) is 5.22. The largest absolute Gasteiger partial charge is 0.493 e. The van der Waals surface area contributed by atoms with E-state index < -0.39 is 11.4 Å². The number of aromatic carboxylic acids is 1. The highest BCUT2D eigenvalue weighted by atomic mass is 16.5. The zero-order valence-corrected chi connectivity index (χ0v) is 12.4. The standard InChI is InChI=1S/C16H19NO4/c1-4-17-8-13(16(19)20)15(18)12-7-11(5-6-14(12)17)21-9-10(2)3/h5-8,10H,4,9H2,1-3H3,(H,19,20). The molecule has 1 aromatic carbocycles. The molecule has 1 heterocycles. The van der Waals surface area contributed by atoms with E-state index in [1.165, 1.54) is 6.20 Å². The van der Waals surface area contributed by atoms with Gasteiger partial charge in [-0.2, -0.15) is 0 Å². The van der Waals surface area contributed by atoms with E-state index in [0.717, 1.165) is 0 Å². The van der Waals surface area contributed by atoms with Crippen molar-refractivity contribution in [3.05, 3.63) is 40.2 Å². The highest BCUT2D eigenvalue weighted by Crippen LogP contribution is 2.20. The molecule has 0 amide bonds. The number of aromatic nitrogens is 1. The van der Waals surface area contributed by atoms with Crippen molar-refractivity contribution < 1.29 is 14.6 Å². The zero-order valence-electron chi connectivity index (χ0n) is 12.4. The summed E-state index contributed by atoms with van der Waals surface area (Å²) in [6.45, 7) is 7.11. The number of nitrogens with zero attached hydrogens (tertiary/aromatic N) is 1. The van der Waals surface area contributed by atoms with Gasteiger partial charge in [-0.25, -0.2) is 4.79 Å². The predicted molar refractivity (Wildman–Crippen MR) is 81.2 cm³/mol. The molecule has 1 N–H and O–H groups in total. The lowest BCUT2D eigenvalue weighted by Gasteiger charge is -2.12. The number of carboxylic acids is 1. The van der Waals surface area contributed by atoms with Gasteiger partial charge in [0.25, 0.3) is 0 Å². The predicted octanol–water partition coefficient (Wildman–Crippen LogP) is 2.75. The summed E-state index contributed by atoms with van der Waals surface area (Å²) in [4.78, 5) is 23.5. The van der Waals surface area contributed by atoms with Crippen LogP contribution in [-0.2, 0) is 6.54 Å². The Bertz CT molecular complexity index is 731. The molecular weight excluding hydrogens is 270 g/mol. The van der Waals surface area contributed by atoms with Crippen molar-refractivity contribution in [3.8, 4) is 5.75 Å². The molecule has 0 aliphatic rings. The molecule has 2 aromatic rings. The monoisotopic (exact) mass is 289 g/mol. The van der Waals surface area contributed by atoms with E-state index in [0.29, 0.717) is 35.7 Å². The van der Waals surface area contributed by atoms with Gasteiger partial charge in [-0.3, -0.25) is 4.79 Å². The van der Waals surface area contributed by atoms with Gasteiger partial charge in [0.2, 0.25) is 5.43 Å². The summed E-state index contributed by atoms with van der Waals surface area (Å²) in [6.07, 6.45) is 1.39. The number of fused-ring (bicyclic) bond motifs is 1. The fourth-order valence-corrected chi connectivity index (χ4v) is 2.14. The summed E-state index contributed by atoms with van der Waals surface area (Å²) < 4.78 is 7.37. The van der Waals surface area contributed by atoms with Crippen molar-refractivity contribution in [2.45, 2.75) is 27.3 Å². The third-order valence-electron chi connectivity index (χ3n) is 3.21. The minimum Gasteiger partial charge on any atom is -0.493 e. The Labute approximate surface area is 122 Å². The number of ether oxygens (including phenoxy) is 1. The molecule has 5 nitrogen and oxygen atoms in total. The van der Waals surface area contributed by atoms with Crippen molar-refractivity contribution in [2.75, 3.05) is 6.61 Å². The quantitative estimate of drug-likeness (QED) is 0.919. The van der Waals surface area contributed by atoms with Crippen molar-refractivity contribution >= 4 is 16.9 Å². The van der Waals surface area contributed by atoms with Crippen LogP contribution >= 0.6 is 0 Å². The molecule has 0 bridgehead atoms. The maximum absolute atomic E-state index is 12.3. The molecule has 0 atom stereocenters. The Morgan fingerprint density at radius 1 is 1.38 bits per heavy atom. The van der Waals surface area contributed by atoms with Gasteiger partial charge in [-0.15, -0.1) is 0 Å². The molecule has 5 heteroatoms. The molecule has 0 fully saturated rings. The zero-order chi connectivity index (χ0) is 15.6. The number of carbonyl (C=O) groups is 1. The van der Waals surface area contributed by atoms with Gasteiger partial charge >= 0.3 is 5.97 Å². The highest BCUT2D eigenvalue weighted by Gasteiger charge is 2.14. The Morgan fingerprint density at radius 2 is 2.10 bits per heavy atom. The van der Waals surface area contributed by atoms with E-state index in [-0.39, 0.29) is 5.56 Å². The highest BCUT2D eigenvalue weighted by molar-refractivity contribution is 5.92. The van der Waals surface area contributed by atoms with Crippen LogP contribution in [0, 0.1) is 5.92 Å². The normalized spacial score (nSPS) is 11.0. The van der Waals surface area contributed by atoms with Crippen LogP contribution in [-0.4, -0.2) is 22.2 Å². The minimum absolute atomic E-state index is 0.217. The lowest BCUT2D eigenvalue weighted by atomic mass is 10.1. The topological polar surface area (TPSA) is 68.5 Å². The molecule has 0 saturated heterocycles. The third kappa shape index (κ3) is 3.07. The number of hydrogen-bond donors (Lipinski definition) is 1. The molecular formula is C16H19NO4. The van der Waals surface area contributed by atoms with E-state index >= 15 is 0 Å². The Balaban J connectivity index is 2.61. The Kier molecular flexibility index (Phi) is 4.31. The number of pyridine rings is 1. The van der Waals surface area contributed by atoms with Crippen LogP contribution in [0.5, 0.6) is 5.75 Å². The first kappa shape index (κ1) is 15.1. The lowest BCUT2D eigenvalue weighted by Crippen LogP contribution is -2.18. The van der Waals surface area contributed by atoms with Crippen molar-refractivity contribution in [3.63, 3.8) is 0 Å². The molecule has 0 aliphatic heterocycles. The molecule has 1 aromatic heterocycles. The van der Waals surface area contributed by atoms with Crippen LogP contribution in [0.2, 0.25) is 0 Å². The summed E-state index contributed by atoms with van der Waals surface area (Å²) >= 11 is 0. The average Bonchev–Trinajstić information content (AvgIpc) is 2.45. The minimum atomic E-state index is -1.21. The summed E-state index contributed by atoms with van der Waals surface area (Å²) in [5, 5.41) is 9.52. The molecule has 0 radical (unpaired) electrons. The number of carboxylic acid groups (broad SMARTS) is 1. The lowest BCUT2D eigenvalue weighted by molar-refractivity contribution is 0.0695. The number of aryl methyl sites for hydroxylation is 1. The van der Waals surface area contributed by atoms with Crippen LogP contribution < -0.4 is 10.2 Å². The molecule has 2 rings (SSSR count). The smallest absolute Gasteiger partial charge is 0.341 e. The van der Waals surface area contributed by atoms with Crippen LogP contribution in [0.15, 0.2) is 29.2 Å². The van der Waals surface area contributed by atoms with Gasteiger partial charge in [-0.1, -0.05) is 13.8 Å². The van der Waals surface area contributed by atoms with Gasteiger partial charge < -0.3 is 14.4 Å². The van der Waals surface area contributed by atoms with E-state index in [1.807, 2.05) is 20.8 Å². The maximum atomic E-state index is 12.3. The first-order valence-electron chi connectivity index (χ1n) is 6.97. The second kappa shape index (κ2) is 5.99. The molecule has 0 spiro atoms. The average molecular weight is 289 g/mol. The Hall–Kier alpha value is -2.30. The van der Waals surface area contributed by atoms with E-state index in [4.69, 9.17) is 9.84 Å². The molecule has 0 unspecified atom stereocenters. The molecule has 0 saturated carbocycles. The van der Waals surface area contributed by atoms with Crippen LogP contribution in [0.3, 0.4) is 0 Å². The third-order valence-corrected chi connectivity index (χ3v) is 3.21. The van der Waals surface area contributed by atoms with Crippen molar-refractivity contribution in [1.29, 1.82) is 0 Å². The van der Waals surface area contributed by atoms with Crippen molar-refractivity contribution in [1.82, 2.24) is 4.57 Å². The number of hydrogen-bond acceptors (Lipinski definition) is 3. The van der Waals surface area contributed by atoms with Crippen LogP contribution in [0.1, 0.15) is 31.1 Å². The van der Waals surface area contributed by atoms with Gasteiger partial charge in [0, 0.05) is 12.7 Å². The van der Waals surface area contributed by atoms with Crippen LogP contribution in [0.25, 0.3) is 10.9 Å². The second-order valence-corrected chi connectivity index (χ2v) is 5.35. The van der Waals surface area contributed by atoms with Crippen molar-refractivity contribution in [2.24, 2.45) is 5.92 Å². The first-order chi connectivity index (χ1) is 9.93. The fourth-order valence-electron chi connectivity index (χ4n) is 2.14.